The van der Waals surface area contributed by atoms with Crippen LogP contribution in [0.4, 0.5) is 0 Å². The maximum Gasteiger partial charge on any atom is 0.0741 e. The fraction of sp³-hybridized carbons (Fsp3) is 0.133. The molecule has 90 valence electrons. The number of hydrogen-bond acceptors (Lipinski definition) is 2. The summed E-state index contributed by atoms with van der Waals surface area (Å²) in [5.74, 6) is 0. The zero-order valence-electron chi connectivity index (χ0n) is 10.3. The number of para-hydroxylation sites is 2. The fourth-order valence-electron chi connectivity index (χ4n) is 2.22. The summed E-state index contributed by atoms with van der Waals surface area (Å²) in [4.78, 5) is 0. The van der Waals surface area contributed by atoms with E-state index in [1.54, 1.807) is 0 Å². The van der Waals surface area contributed by atoms with E-state index in [4.69, 9.17) is 0 Å². The van der Waals surface area contributed by atoms with Crippen molar-refractivity contribution in [1.82, 2.24) is 15.1 Å². The molecule has 0 aliphatic rings. The summed E-state index contributed by atoms with van der Waals surface area (Å²) in [6.45, 7) is 0.838. The van der Waals surface area contributed by atoms with Crippen molar-refractivity contribution in [3.63, 3.8) is 0 Å². The molecule has 0 atom stereocenters. The molecule has 3 rings (SSSR count). The largest absolute Gasteiger partial charge is 0.316 e. The molecule has 0 saturated carbocycles. The molecular formula is C15H15N3. The normalized spacial score (nSPS) is 10.9. The predicted octanol–water partition coefficient (Wildman–Crippen LogP) is 2.74. The van der Waals surface area contributed by atoms with Gasteiger partial charge in [0, 0.05) is 11.9 Å². The highest BCUT2D eigenvalue weighted by molar-refractivity contribution is 5.80. The number of hydrogen-bond donors (Lipinski definition) is 1. The Hall–Kier alpha value is -2.13. The molecule has 0 bridgehead atoms. The van der Waals surface area contributed by atoms with Gasteiger partial charge in [-0.15, -0.1) is 0 Å². The van der Waals surface area contributed by atoms with Crippen molar-refractivity contribution in [3.05, 3.63) is 60.3 Å². The second-order valence-electron chi connectivity index (χ2n) is 4.27. The Balaban J connectivity index is 2.20. The highest BCUT2D eigenvalue weighted by atomic mass is 15.3. The van der Waals surface area contributed by atoms with Crippen molar-refractivity contribution < 1.29 is 0 Å². The zero-order chi connectivity index (χ0) is 12.4. The molecule has 0 radical (unpaired) electrons. The van der Waals surface area contributed by atoms with Crippen LogP contribution in [0, 0.1) is 0 Å². The molecule has 1 heterocycles. The van der Waals surface area contributed by atoms with E-state index in [0.717, 1.165) is 23.1 Å². The van der Waals surface area contributed by atoms with Crippen LogP contribution in [0.3, 0.4) is 0 Å². The number of benzene rings is 2. The standard InChI is InChI=1S/C15H15N3/c1-16-10-12-6-2-4-8-14(12)18-15-9-5-3-7-13(15)11-17-18/h2-9,11,16H,10H2,1H3. The fourth-order valence-corrected chi connectivity index (χ4v) is 2.22. The Kier molecular flexibility index (Phi) is 2.82. The lowest BCUT2D eigenvalue weighted by atomic mass is 10.1. The molecule has 0 saturated heterocycles. The predicted molar refractivity (Wildman–Crippen MR) is 73.8 cm³/mol. The highest BCUT2D eigenvalue weighted by Crippen LogP contribution is 2.20. The quantitative estimate of drug-likeness (QED) is 0.759. The zero-order valence-corrected chi connectivity index (χ0v) is 10.3. The molecule has 2 aromatic carbocycles. The van der Waals surface area contributed by atoms with Gasteiger partial charge in [0.1, 0.15) is 0 Å². The first-order valence-corrected chi connectivity index (χ1v) is 6.06. The molecule has 0 fully saturated rings. The van der Waals surface area contributed by atoms with Crippen molar-refractivity contribution in [2.75, 3.05) is 7.05 Å². The van der Waals surface area contributed by atoms with Crippen molar-refractivity contribution >= 4 is 10.9 Å². The maximum atomic E-state index is 4.50. The molecule has 1 aromatic heterocycles. The van der Waals surface area contributed by atoms with Crippen molar-refractivity contribution in [2.24, 2.45) is 0 Å². The molecule has 3 nitrogen and oxygen atoms in total. The van der Waals surface area contributed by atoms with Gasteiger partial charge >= 0.3 is 0 Å². The van der Waals surface area contributed by atoms with Gasteiger partial charge in [0.25, 0.3) is 0 Å². The minimum Gasteiger partial charge on any atom is -0.316 e. The Morgan fingerprint density at radius 1 is 1.06 bits per heavy atom. The van der Waals surface area contributed by atoms with Gasteiger partial charge in [0.2, 0.25) is 0 Å². The summed E-state index contributed by atoms with van der Waals surface area (Å²) in [6, 6.07) is 16.6. The molecule has 1 N–H and O–H groups in total. The average molecular weight is 237 g/mol. The molecule has 0 aliphatic heterocycles. The van der Waals surface area contributed by atoms with Crippen LogP contribution in [0.5, 0.6) is 0 Å². The SMILES string of the molecule is CNCc1ccccc1-n1ncc2ccccc21. The summed E-state index contributed by atoms with van der Waals surface area (Å²) < 4.78 is 2.00. The average Bonchev–Trinajstić information content (AvgIpc) is 2.84. The van der Waals surface area contributed by atoms with E-state index in [0.29, 0.717) is 0 Å². The van der Waals surface area contributed by atoms with E-state index < -0.39 is 0 Å². The summed E-state index contributed by atoms with van der Waals surface area (Å²) in [7, 11) is 1.96. The van der Waals surface area contributed by atoms with Crippen LogP contribution in [0.2, 0.25) is 0 Å². The number of aromatic nitrogens is 2. The Morgan fingerprint density at radius 3 is 2.72 bits per heavy atom. The lowest BCUT2D eigenvalue weighted by Crippen LogP contribution is -2.09. The van der Waals surface area contributed by atoms with E-state index in [9.17, 15) is 0 Å². The van der Waals surface area contributed by atoms with Crippen LogP contribution in [-0.4, -0.2) is 16.8 Å². The van der Waals surface area contributed by atoms with Crippen LogP contribution in [-0.2, 0) is 6.54 Å². The summed E-state index contributed by atoms with van der Waals surface area (Å²) in [5, 5.41) is 8.85. The second-order valence-corrected chi connectivity index (χ2v) is 4.27. The van der Waals surface area contributed by atoms with Crippen LogP contribution < -0.4 is 5.32 Å². The van der Waals surface area contributed by atoms with Gasteiger partial charge in [-0.3, -0.25) is 0 Å². The van der Waals surface area contributed by atoms with Crippen molar-refractivity contribution in [3.8, 4) is 5.69 Å². The number of nitrogens with one attached hydrogen (secondary N) is 1. The Labute approximate surface area is 106 Å². The van der Waals surface area contributed by atoms with Gasteiger partial charge in [-0.05, 0) is 24.7 Å². The molecule has 18 heavy (non-hydrogen) atoms. The van der Waals surface area contributed by atoms with Crippen molar-refractivity contribution in [2.45, 2.75) is 6.54 Å². The van der Waals surface area contributed by atoms with E-state index in [2.05, 4.69) is 40.7 Å². The van der Waals surface area contributed by atoms with Crippen LogP contribution in [0.25, 0.3) is 16.6 Å². The highest BCUT2D eigenvalue weighted by Gasteiger charge is 2.07. The third-order valence-electron chi connectivity index (χ3n) is 3.06. The number of fused-ring (bicyclic) bond motifs is 1. The Morgan fingerprint density at radius 2 is 1.83 bits per heavy atom. The van der Waals surface area contributed by atoms with Crippen LogP contribution in [0.1, 0.15) is 5.56 Å². The molecular weight excluding hydrogens is 222 g/mol. The van der Waals surface area contributed by atoms with E-state index in [1.807, 2.05) is 36.1 Å². The molecule has 0 unspecified atom stereocenters. The van der Waals surface area contributed by atoms with Gasteiger partial charge in [-0.25, -0.2) is 4.68 Å². The third-order valence-corrected chi connectivity index (χ3v) is 3.06. The second kappa shape index (κ2) is 4.63. The Bertz CT molecular complexity index is 670. The van der Waals surface area contributed by atoms with Gasteiger partial charge < -0.3 is 5.32 Å². The van der Waals surface area contributed by atoms with E-state index >= 15 is 0 Å². The molecule has 0 spiro atoms. The van der Waals surface area contributed by atoms with Crippen LogP contribution >= 0.6 is 0 Å². The van der Waals surface area contributed by atoms with Crippen molar-refractivity contribution in [1.29, 1.82) is 0 Å². The first-order valence-electron chi connectivity index (χ1n) is 6.06. The van der Waals surface area contributed by atoms with Crippen LogP contribution in [0.15, 0.2) is 54.7 Å². The maximum absolute atomic E-state index is 4.50. The topological polar surface area (TPSA) is 29.9 Å². The van der Waals surface area contributed by atoms with E-state index in [1.165, 1.54) is 5.56 Å². The smallest absolute Gasteiger partial charge is 0.0741 e. The summed E-state index contributed by atoms with van der Waals surface area (Å²) in [5.41, 5.74) is 3.52. The first kappa shape index (κ1) is 11.0. The minimum atomic E-state index is 0.838. The van der Waals surface area contributed by atoms with E-state index in [-0.39, 0.29) is 0 Å². The molecule has 3 heteroatoms. The molecule has 0 amide bonds. The lowest BCUT2D eigenvalue weighted by molar-refractivity contribution is 0.796. The monoisotopic (exact) mass is 237 g/mol. The number of rotatable bonds is 3. The van der Waals surface area contributed by atoms with Gasteiger partial charge in [0.05, 0.1) is 17.4 Å². The molecule has 0 aliphatic carbocycles. The summed E-state index contributed by atoms with van der Waals surface area (Å²) in [6.07, 6.45) is 1.91. The first-order chi connectivity index (χ1) is 8.90. The van der Waals surface area contributed by atoms with Gasteiger partial charge in [-0.1, -0.05) is 36.4 Å². The van der Waals surface area contributed by atoms with Gasteiger partial charge in [-0.2, -0.15) is 5.10 Å². The van der Waals surface area contributed by atoms with Gasteiger partial charge in [0.15, 0.2) is 0 Å². The third kappa shape index (κ3) is 1.79. The minimum absolute atomic E-state index is 0.838. The number of nitrogens with zero attached hydrogens (tertiary/aromatic N) is 2. The molecule has 3 aromatic rings. The summed E-state index contributed by atoms with van der Waals surface area (Å²) >= 11 is 0. The lowest BCUT2D eigenvalue weighted by Gasteiger charge is -2.10.